The van der Waals surface area contributed by atoms with Crippen LogP contribution in [0.3, 0.4) is 0 Å². The highest BCUT2D eigenvalue weighted by molar-refractivity contribution is 6.07. The van der Waals surface area contributed by atoms with Gasteiger partial charge < -0.3 is 14.5 Å². The lowest BCUT2D eigenvalue weighted by Gasteiger charge is -2.51. The minimum absolute atomic E-state index is 0.0265. The lowest BCUT2D eigenvalue weighted by Crippen LogP contribution is -2.68. The molecule has 1 aromatic heterocycles. The lowest BCUT2D eigenvalue weighted by atomic mass is 9.89. The number of nitrogens with zero attached hydrogens (tertiary/aromatic N) is 6. The highest BCUT2D eigenvalue weighted by Crippen LogP contribution is 2.42. The SMILES string of the molecule is CCC12COCCN1c1nc(C3=C(c4ccccc4)N=NC3)ncc1N(C)C2=O. The number of hydrogen-bond acceptors (Lipinski definition) is 7. The Morgan fingerprint density at radius 3 is 2.86 bits per heavy atom. The predicted molar refractivity (Wildman–Crippen MR) is 110 cm³/mol. The van der Waals surface area contributed by atoms with Gasteiger partial charge in [-0.25, -0.2) is 9.97 Å². The second-order valence-electron chi connectivity index (χ2n) is 7.45. The topological polar surface area (TPSA) is 83.3 Å². The monoisotopic (exact) mass is 390 g/mol. The van der Waals surface area contributed by atoms with Gasteiger partial charge in [0.1, 0.15) is 16.9 Å². The van der Waals surface area contributed by atoms with Gasteiger partial charge >= 0.3 is 0 Å². The van der Waals surface area contributed by atoms with Crippen molar-refractivity contribution in [3.63, 3.8) is 0 Å². The van der Waals surface area contributed by atoms with E-state index in [4.69, 9.17) is 9.72 Å². The van der Waals surface area contributed by atoms with Crippen LogP contribution < -0.4 is 9.80 Å². The molecule has 1 amide bonds. The van der Waals surface area contributed by atoms with Crippen LogP contribution in [0.25, 0.3) is 11.3 Å². The number of rotatable bonds is 3. The van der Waals surface area contributed by atoms with Crippen LogP contribution in [0.15, 0.2) is 46.8 Å². The number of morpholine rings is 1. The van der Waals surface area contributed by atoms with Crippen LogP contribution in [0.4, 0.5) is 11.5 Å². The van der Waals surface area contributed by atoms with Gasteiger partial charge in [0.25, 0.3) is 5.91 Å². The third kappa shape index (κ3) is 2.59. The van der Waals surface area contributed by atoms with Crippen molar-refractivity contribution < 1.29 is 9.53 Å². The quantitative estimate of drug-likeness (QED) is 0.805. The van der Waals surface area contributed by atoms with Gasteiger partial charge in [-0.2, -0.15) is 10.2 Å². The van der Waals surface area contributed by atoms with Crippen LogP contribution in [0, 0.1) is 0 Å². The normalized spacial score (nSPS) is 23.4. The molecule has 0 bridgehead atoms. The molecule has 148 valence electrons. The van der Waals surface area contributed by atoms with Crippen molar-refractivity contribution in [3.05, 3.63) is 47.9 Å². The number of carbonyl (C=O) groups is 1. The standard InChI is InChI=1S/C21H22N6O2/c1-3-21-13-29-10-9-27(21)19-16(26(2)20(21)28)12-22-18(24-19)15-11-23-25-17(15)14-7-5-4-6-8-14/h4-8,12H,3,9-11,13H2,1-2H3. The molecule has 1 fully saturated rings. The summed E-state index contributed by atoms with van der Waals surface area (Å²) < 4.78 is 5.70. The van der Waals surface area contributed by atoms with Crippen molar-refractivity contribution in [2.75, 3.05) is 43.2 Å². The van der Waals surface area contributed by atoms with E-state index in [0.717, 1.165) is 28.3 Å². The van der Waals surface area contributed by atoms with Crippen molar-refractivity contribution in [1.82, 2.24) is 9.97 Å². The molecule has 0 N–H and O–H groups in total. The summed E-state index contributed by atoms with van der Waals surface area (Å²) in [5.41, 5.74) is 2.70. The van der Waals surface area contributed by atoms with Crippen molar-refractivity contribution in [2.45, 2.75) is 18.9 Å². The van der Waals surface area contributed by atoms with Crippen LogP contribution >= 0.6 is 0 Å². The summed E-state index contributed by atoms with van der Waals surface area (Å²) in [6.07, 6.45) is 2.39. The summed E-state index contributed by atoms with van der Waals surface area (Å²) in [5, 5.41) is 8.56. The maximum atomic E-state index is 13.2. The number of benzene rings is 1. The zero-order chi connectivity index (χ0) is 20.0. The summed E-state index contributed by atoms with van der Waals surface area (Å²) in [6.45, 7) is 4.02. The van der Waals surface area contributed by atoms with E-state index >= 15 is 0 Å². The molecule has 5 rings (SSSR count). The Balaban J connectivity index is 1.64. The summed E-state index contributed by atoms with van der Waals surface area (Å²) in [6, 6.07) is 9.95. The fourth-order valence-corrected chi connectivity index (χ4v) is 4.30. The van der Waals surface area contributed by atoms with Gasteiger partial charge in [0.15, 0.2) is 11.6 Å². The first-order valence-electron chi connectivity index (χ1n) is 9.83. The Labute approximate surface area is 168 Å². The number of anilines is 2. The van der Waals surface area contributed by atoms with Crippen molar-refractivity contribution >= 4 is 28.7 Å². The molecule has 8 nitrogen and oxygen atoms in total. The molecule has 0 aliphatic carbocycles. The summed E-state index contributed by atoms with van der Waals surface area (Å²) in [5.74, 6) is 1.40. The van der Waals surface area contributed by atoms with Crippen LogP contribution in [0.1, 0.15) is 24.7 Å². The number of likely N-dealkylation sites (N-methyl/N-ethyl adjacent to an activating group) is 1. The molecule has 0 radical (unpaired) electrons. The predicted octanol–water partition coefficient (Wildman–Crippen LogP) is 2.77. The van der Waals surface area contributed by atoms with Crippen LogP contribution in [-0.4, -0.2) is 54.8 Å². The number of aromatic nitrogens is 2. The molecule has 3 aliphatic heterocycles. The molecular formula is C21H22N6O2. The van der Waals surface area contributed by atoms with Gasteiger partial charge in [-0.15, -0.1) is 0 Å². The first-order valence-corrected chi connectivity index (χ1v) is 9.83. The fourth-order valence-electron chi connectivity index (χ4n) is 4.30. The van der Waals surface area contributed by atoms with Crippen molar-refractivity contribution in [3.8, 4) is 0 Å². The average molecular weight is 390 g/mol. The Morgan fingerprint density at radius 1 is 1.24 bits per heavy atom. The first kappa shape index (κ1) is 17.9. The Bertz CT molecular complexity index is 1030. The van der Waals surface area contributed by atoms with Crippen molar-refractivity contribution in [1.29, 1.82) is 0 Å². The zero-order valence-corrected chi connectivity index (χ0v) is 16.5. The summed E-state index contributed by atoms with van der Waals surface area (Å²) in [4.78, 5) is 26.4. The largest absolute Gasteiger partial charge is 0.377 e. The molecule has 4 heterocycles. The molecular weight excluding hydrogens is 368 g/mol. The lowest BCUT2D eigenvalue weighted by molar-refractivity contribution is -0.128. The molecule has 0 spiro atoms. The van der Waals surface area contributed by atoms with Gasteiger partial charge in [-0.1, -0.05) is 37.3 Å². The Kier molecular flexibility index (Phi) is 4.16. The van der Waals surface area contributed by atoms with Crippen LogP contribution in [-0.2, 0) is 9.53 Å². The molecule has 8 heteroatoms. The average Bonchev–Trinajstić information content (AvgIpc) is 3.27. The zero-order valence-electron chi connectivity index (χ0n) is 16.5. The second kappa shape index (κ2) is 6.73. The minimum atomic E-state index is -0.716. The van der Waals surface area contributed by atoms with Gasteiger partial charge in [-0.3, -0.25) is 4.79 Å². The number of ether oxygens (including phenoxy) is 1. The molecule has 1 atom stereocenters. The molecule has 3 aliphatic rings. The Hall–Kier alpha value is -3.13. The maximum Gasteiger partial charge on any atom is 0.255 e. The molecule has 1 unspecified atom stereocenters. The van der Waals surface area contributed by atoms with E-state index in [0.29, 0.717) is 38.5 Å². The second-order valence-corrected chi connectivity index (χ2v) is 7.45. The van der Waals surface area contributed by atoms with E-state index < -0.39 is 5.54 Å². The Morgan fingerprint density at radius 2 is 2.07 bits per heavy atom. The highest BCUT2D eigenvalue weighted by Gasteiger charge is 2.52. The third-order valence-corrected chi connectivity index (χ3v) is 5.97. The van der Waals surface area contributed by atoms with E-state index in [1.165, 1.54) is 0 Å². The van der Waals surface area contributed by atoms with Gasteiger partial charge in [0.05, 0.1) is 26.0 Å². The van der Waals surface area contributed by atoms with E-state index in [1.54, 1.807) is 18.1 Å². The van der Waals surface area contributed by atoms with Crippen LogP contribution in [0.2, 0.25) is 0 Å². The molecule has 2 aromatic rings. The number of carbonyl (C=O) groups excluding carboxylic acids is 1. The van der Waals surface area contributed by atoms with E-state index in [1.807, 2.05) is 37.3 Å². The molecule has 0 saturated carbocycles. The van der Waals surface area contributed by atoms with E-state index in [2.05, 4.69) is 20.1 Å². The van der Waals surface area contributed by atoms with Gasteiger partial charge in [0.2, 0.25) is 0 Å². The first-order chi connectivity index (χ1) is 14.2. The summed E-state index contributed by atoms with van der Waals surface area (Å²) in [7, 11) is 1.78. The number of hydrogen-bond donors (Lipinski definition) is 0. The van der Waals surface area contributed by atoms with E-state index in [9.17, 15) is 4.79 Å². The molecule has 29 heavy (non-hydrogen) atoms. The maximum absolute atomic E-state index is 13.2. The van der Waals surface area contributed by atoms with Crippen LogP contribution in [0.5, 0.6) is 0 Å². The van der Waals surface area contributed by atoms with Gasteiger partial charge in [0, 0.05) is 24.7 Å². The number of fused-ring (bicyclic) bond motifs is 3. The smallest absolute Gasteiger partial charge is 0.255 e. The van der Waals surface area contributed by atoms with Gasteiger partial charge in [-0.05, 0) is 6.42 Å². The number of azo groups is 1. The molecule has 1 saturated heterocycles. The molecule has 1 aromatic carbocycles. The fraction of sp³-hybridized carbons (Fsp3) is 0.381. The third-order valence-electron chi connectivity index (χ3n) is 5.97. The summed E-state index contributed by atoms with van der Waals surface area (Å²) >= 11 is 0. The number of amides is 1. The highest BCUT2D eigenvalue weighted by atomic mass is 16.5. The van der Waals surface area contributed by atoms with Crippen molar-refractivity contribution in [2.24, 2.45) is 10.2 Å². The van der Waals surface area contributed by atoms with E-state index in [-0.39, 0.29) is 5.91 Å². The minimum Gasteiger partial charge on any atom is -0.377 e.